The molecule has 4 nitrogen and oxygen atoms in total. The Labute approximate surface area is 184 Å². The summed E-state index contributed by atoms with van der Waals surface area (Å²) in [5, 5.41) is 3.41. The number of carbonyl (C=O) groups is 2. The molecule has 3 rings (SSSR count). The Bertz CT molecular complexity index is 856. The minimum atomic E-state index is -0.0391. The van der Waals surface area contributed by atoms with E-state index in [1.807, 2.05) is 24.3 Å². The molecule has 1 N–H and O–H groups in total. The van der Waals surface area contributed by atoms with Crippen molar-refractivity contribution >= 4 is 29.0 Å². The van der Waals surface area contributed by atoms with Crippen LogP contribution < -0.4 is 5.32 Å². The smallest absolute Gasteiger partial charge is 0.225 e. The zero-order valence-electron chi connectivity index (χ0n) is 17.9. The van der Waals surface area contributed by atoms with E-state index in [1.165, 1.54) is 5.56 Å². The minimum absolute atomic E-state index is 0.0391. The van der Waals surface area contributed by atoms with Gasteiger partial charge < -0.3 is 10.2 Å². The molecule has 1 heterocycles. The number of ketones is 1. The fraction of sp³-hybridized carbons (Fsp3) is 0.440. The maximum atomic E-state index is 12.8. The van der Waals surface area contributed by atoms with Crippen molar-refractivity contribution in [2.75, 3.05) is 25.0 Å². The largest absolute Gasteiger partial charge is 0.325 e. The predicted octanol–water partition coefficient (Wildman–Crippen LogP) is 5.46. The molecule has 0 saturated carbocycles. The van der Waals surface area contributed by atoms with Gasteiger partial charge in [-0.2, -0.15) is 0 Å². The minimum Gasteiger partial charge on any atom is -0.325 e. The zero-order chi connectivity index (χ0) is 21.5. The second-order valence-electron chi connectivity index (χ2n) is 8.55. The molecule has 1 aliphatic rings. The highest BCUT2D eigenvalue weighted by atomic mass is 35.5. The Morgan fingerprint density at radius 1 is 1.07 bits per heavy atom. The van der Waals surface area contributed by atoms with E-state index in [1.54, 1.807) is 12.1 Å². The van der Waals surface area contributed by atoms with Gasteiger partial charge in [0.25, 0.3) is 0 Å². The summed E-state index contributed by atoms with van der Waals surface area (Å²) in [6.45, 7) is 6.80. The van der Waals surface area contributed by atoms with Gasteiger partial charge in [0.2, 0.25) is 5.91 Å². The molecule has 2 aromatic carbocycles. The van der Waals surface area contributed by atoms with E-state index in [0.717, 1.165) is 37.9 Å². The van der Waals surface area contributed by atoms with Crippen LogP contribution in [-0.4, -0.2) is 36.2 Å². The summed E-state index contributed by atoms with van der Waals surface area (Å²) >= 11 is 6.09. The Morgan fingerprint density at radius 3 is 2.37 bits per heavy atom. The molecule has 30 heavy (non-hydrogen) atoms. The van der Waals surface area contributed by atoms with E-state index in [2.05, 4.69) is 36.2 Å². The first-order valence-electron chi connectivity index (χ1n) is 10.8. The van der Waals surface area contributed by atoms with Crippen molar-refractivity contribution < 1.29 is 9.59 Å². The molecule has 0 aliphatic carbocycles. The lowest BCUT2D eigenvalue weighted by molar-refractivity contribution is -0.116. The van der Waals surface area contributed by atoms with Gasteiger partial charge in [0.1, 0.15) is 0 Å². The van der Waals surface area contributed by atoms with Crippen LogP contribution in [0.25, 0.3) is 0 Å². The molecule has 160 valence electrons. The van der Waals surface area contributed by atoms with Crippen molar-refractivity contribution in [2.24, 2.45) is 11.8 Å². The van der Waals surface area contributed by atoms with Crippen molar-refractivity contribution in [3.05, 3.63) is 64.7 Å². The van der Waals surface area contributed by atoms with Crippen LogP contribution >= 0.6 is 11.6 Å². The third kappa shape index (κ3) is 6.41. The van der Waals surface area contributed by atoms with Gasteiger partial charge in [0.05, 0.1) is 10.7 Å². The molecule has 0 bridgehead atoms. The maximum absolute atomic E-state index is 12.8. The summed E-state index contributed by atoms with van der Waals surface area (Å²) < 4.78 is 0. The van der Waals surface area contributed by atoms with E-state index in [0.29, 0.717) is 29.6 Å². The highest BCUT2D eigenvalue weighted by Crippen LogP contribution is 2.23. The molecular formula is C25H31ClN2O2. The van der Waals surface area contributed by atoms with Crippen LogP contribution in [0.5, 0.6) is 0 Å². The summed E-state index contributed by atoms with van der Waals surface area (Å²) in [4.78, 5) is 27.3. The van der Waals surface area contributed by atoms with E-state index in [4.69, 9.17) is 11.6 Å². The number of anilines is 1. The highest BCUT2D eigenvalue weighted by Gasteiger charge is 2.26. The van der Waals surface area contributed by atoms with Gasteiger partial charge >= 0.3 is 0 Å². The Kier molecular flexibility index (Phi) is 8.06. The number of amides is 1. The molecule has 1 fully saturated rings. The van der Waals surface area contributed by atoms with Gasteiger partial charge in [-0.3, -0.25) is 9.59 Å². The van der Waals surface area contributed by atoms with Gasteiger partial charge in [-0.1, -0.05) is 61.8 Å². The van der Waals surface area contributed by atoms with Crippen molar-refractivity contribution in [1.29, 1.82) is 0 Å². The maximum Gasteiger partial charge on any atom is 0.225 e. The summed E-state index contributed by atoms with van der Waals surface area (Å²) in [5.74, 6) is 0.904. The zero-order valence-corrected chi connectivity index (χ0v) is 18.6. The standard InChI is InChI=1S/C25H31ClN2O2/c1-18(2)17-19-7-9-20(10-8-19)25(30)21-11-14-28(15-12-21)16-13-24(29)27-23-6-4-3-5-22(23)26/h3-10,18,21H,11-17H2,1-2H3,(H,27,29). The second-order valence-corrected chi connectivity index (χ2v) is 8.96. The van der Waals surface area contributed by atoms with Gasteiger partial charge in [-0.05, 0) is 56.0 Å². The number of rotatable bonds is 8. The van der Waals surface area contributed by atoms with Crippen LogP contribution in [-0.2, 0) is 11.2 Å². The molecule has 1 aliphatic heterocycles. The molecule has 0 spiro atoms. The number of nitrogens with one attached hydrogen (secondary N) is 1. The Balaban J connectivity index is 1.42. The molecular weight excluding hydrogens is 396 g/mol. The van der Waals surface area contributed by atoms with Crippen LogP contribution in [0.15, 0.2) is 48.5 Å². The second kappa shape index (κ2) is 10.7. The third-order valence-electron chi connectivity index (χ3n) is 5.64. The molecule has 0 radical (unpaired) electrons. The fourth-order valence-electron chi connectivity index (χ4n) is 3.97. The quantitative estimate of drug-likeness (QED) is 0.570. The first kappa shape index (κ1) is 22.5. The van der Waals surface area contributed by atoms with Crippen LogP contribution in [0.3, 0.4) is 0 Å². The average molecular weight is 427 g/mol. The molecule has 0 unspecified atom stereocenters. The third-order valence-corrected chi connectivity index (χ3v) is 5.97. The number of halogens is 1. The van der Waals surface area contributed by atoms with E-state index in [9.17, 15) is 9.59 Å². The number of piperidine rings is 1. The molecule has 2 aromatic rings. The number of carbonyl (C=O) groups excluding carboxylic acids is 2. The molecule has 0 aromatic heterocycles. The van der Waals surface area contributed by atoms with Gasteiger partial charge in [0, 0.05) is 24.4 Å². The highest BCUT2D eigenvalue weighted by molar-refractivity contribution is 6.33. The van der Waals surface area contributed by atoms with Crippen LogP contribution in [0.4, 0.5) is 5.69 Å². The van der Waals surface area contributed by atoms with Crippen molar-refractivity contribution in [3.63, 3.8) is 0 Å². The molecule has 0 atom stereocenters. The summed E-state index contributed by atoms with van der Waals surface area (Å²) in [6.07, 6.45) is 3.15. The van der Waals surface area contributed by atoms with Gasteiger partial charge in [0.15, 0.2) is 5.78 Å². The number of Topliss-reactive ketones (excluding diaryl/α,β-unsaturated/α-hetero) is 1. The first-order chi connectivity index (χ1) is 14.4. The van der Waals surface area contributed by atoms with Crippen LogP contribution in [0.1, 0.15) is 49.0 Å². The van der Waals surface area contributed by atoms with E-state index in [-0.39, 0.29) is 17.6 Å². The summed E-state index contributed by atoms with van der Waals surface area (Å²) in [5.41, 5.74) is 2.75. The summed E-state index contributed by atoms with van der Waals surface area (Å²) in [6, 6.07) is 15.4. The van der Waals surface area contributed by atoms with E-state index < -0.39 is 0 Å². The number of hydrogen-bond donors (Lipinski definition) is 1. The molecule has 1 saturated heterocycles. The van der Waals surface area contributed by atoms with Crippen LogP contribution in [0, 0.1) is 11.8 Å². The Hall–Kier alpha value is -2.17. The molecule has 5 heteroatoms. The van der Waals surface area contributed by atoms with Crippen LogP contribution in [0.2, 0.25) is 5.02 Å². The number of nitrogens with zero attached hydrogens (tertiary/aromatic N) is 1. The summed E-state index contributed by atoms with van der Waals surface area (Å²) in [7, 11) is 0. The van der Waals surface area contributed by atoms with Gasteiger partial charge in [-0.25, -0.2) is 0 Å². The monoisotopic (exact) mass is 426 g/mol. The molecule has 1 amide bonds. The lowest BCUT2D eigenvalue weighted by atomic mass is 9.88. The normalized spacial score (nSPS) is 15.3. The van der Waals surface area contributed by atoms with E-state index >= 15 is 0 Å². The first-order valence-corrected chi connectivity index (χ1v) is 11.2. The SMILES string of the molecule is CC(C)Cc1ccc(C(=O)C2CCN(CCC(=O)Nc3ccccc3Cl)CC2)cc1. The fourth-order valence-corrected chi connectivity index (χ4v) is 4.15. The van der Waals surface area contributed by atoms with Gasteiger partial charge in [-0.15, -0.1) is 0 Å². The number of likely N-dealkylation sites (tertiary alicyclic amines) is 1. The van der Waals surface area contributed by atoms with Crippen molar-refractivity contribution in [2.45, 2.75) is 39.5 Å². The number of hydrogen-bond acceptors (Lipinski definition) is 3. The average Bonchev–Trinajstić information content (AvgIpc) is 2.74. The predicted molar refractivity (Wildman–Crippen MR) is 123 cm³/mol. The lowest BCUT2D eigenvalue weighted by Crippen LogP contribution is -2.38. The lowest BCUT2D eigenvalue weighted by Gasteiger charge is -2.31. The van der Waals surface area contributed by atoms with Crippen molar-refractivity contribution in [3.8, 4) is 0 Å². The number of benzene rings is 2. The number of para-hydroxylation sites is 1. The topological polar surface area (TPSA) is 49.4 Å². The van der Waals surface area contributed by atoms with Crippen molar-refractivity contribution in [1.82, 2.24) is 4.90 Å². The Morgan fingerprint density at radius 2 is 1.73 bits per heavy atom.